The Morgan fingerprint density at radius 2 is 2.22 bits per heavy atom. The summed E-state index contributed by atoms with van der Waals surface area (Å²) in [5.74, 6) is 0.00859. The predicted molar refractivity (Wildman–Crippen MR) is 64.9 cm³/mol. The topological polar surface area (TPSA) is 77.0 Å². The van der Waals surface area contributed by atoms with Gasteiger partial charge in [-0.3, -0.25) is 9.97 Å². The maximum Gasteiger partial charge on any atom is 0.358 e. The molecule has 0 bridgehead atoms. The van der Waals surface area contributed by atoms with Crippen LogP contribution in [0.3, 0.4) is 0 Å². The third kappa shape index (κ3) is 3.00. The lowest BCUT2D eigenvalue weighted by molar-refractivity contribution is 0.0593. The van der Waals surface area contributed by atoms with E-state index in [2.05, 4.69) is 25.0 Å². The van der Waals surface area contributed by atoms with E-state index in [9.17, 15) is 4.79 Å². The van der Waals surface area contributed by atoms with E-state index in [1.165, 1.54) is 13.3 Å². The number of carbonyl (C=O) groups is 1. The lowest BCUT2D eigenvalue weighted by atomic mass is 10.3. The van der Waals surface area contributed by atoms with Crippen LogP contribution in [0.5, 0.6) is 0 Å². The number of hydrogen-bond donors (Lipinski definition) is 1. The van der Waals surface area contributed by atoms with Crippen molar-refractivity contribution in [3.05, 3.63) is 48.2 Å². The van der Waals surface area contributed by atoms with E-state index in [0.717, 1.165) is 5.56 Å². The number of methoxy groups -OCH3 is 1. The zero-order valence-corrected chi connectivity index (χ0v) is 9.83. The summed E-state index contributed by atoms with van der Waals surface area (Å²) < 4.78 is 4.57. The Hall–Kier alpha value is -2.50. The van der Waals surface area contributed by atoms with E-state index in [1.807, 2.05) is 12.1 Å². The lowest BCUT2D eigenvalue weighted by Gasteiger charge is -2.05. The number of ether oxygens (including phenoxy) is 1. The zero-order chi connectivity index (χ0) is 12.8. The van der Waals surface area contributed by atoms with Gasteiger partial charge in [-0.2, -0.15) is 0 Å². The van der Waals surface area contributed by atoms with Crippen LogP contribution >= 0.6 is 0 Å². The summed E-state index contributed by atoms with van der Waals surface area (Å²) in [5.41, 5.74) is 1.19. The molecule has 0 saturated heterocycles. The molecule has 2 rings (SSSR count). The Labute approximate surface area is 104 Å². The fourth-order valence-corrected chi connectivity index (χ4v) is 1.35. The highest BCUT2D eigenvalue weighted by Crippen LogP contribution is 2.05. The minimum atomic E-state index is -0.507. The van der Waals surface area contributed by atoms with Crippen molar-refractivity contribution >= 4 is 11.8 Å². The van der Waals surface area contributed by atoms with Crippen molar-refractivity contribution in [2.45, 2.75) is 6.54 Å². The molecule has 6 nitrogen and oxygen atoms in total. The van der Waals surface area contributed by atoms with Gasteiger partial charge in [0.15, 0.2) is 5.69 Å². The summed E-state index contributed by atoms with van der Waals surface area (Å²) >= 11 is 0. The van der Waals surface area contributed by atoms with Crippen LogP contribution in [-0.4, -0.2) is 28.0 Å². The SMILES string of the molecule is COC(=O)c1cncc(NCc2cccnc2)n1. The first-order chi connectivity index (χ1) is 8.79. The summed E-state index contributed by atoms with van der Waals surface area (Å²) in [7, 11) is 1.31. The summed E-state index contributed by atoms with van der Waals surface area (Å²) in [5, 5.41) is 3.06. The van der Waals surface area contributed by atoms with Crippen LogP contribution in [0, 0.1) is 0 Å². The van der Waals surface area contributed by atoms with Crippen molar-refractivity contribution in [3.63, 3.8) is 0 Å². The van der Waals surface area contributed by atoms with Gasteiger partial charge in [0, 0.05) is 18.9 Å². The molecule has 0 unspecified atom stereocenters. The molecule has 0 atom stereocenters. The smallest absolute Gasteiger partial charge is 0.358 e. The highest BCUT2D eigenvalue weighted by Gasteiger charge is 2.08. The van der Waals surface area contributed by atoms with Crippen LogP contribution in [0.1, 0.15) is 16.1 Å². The van der Waals surface area contributed by atoms with Crippen LogP contribution in [0.4, 0.5) is 5.82 Å². The number of nitrogens with zero attached hydrogens (tertiary/aromatic N) is 3. The quantitative estimate of drug-likeness (QED) is 0.816. The third-order valence-electron chi connectivity index (χ3n) is 2.23. The van der Waals surface area contributed by atoms with Gasteiger partial charge < -0.3 is 10.1 Å². The first kappa shape index (κ1) is 12.0. The molecule has 0 spiro atoms. The summed E-state index contributed by atoms with van der Waals surface area (Å²) in [6, 6.07) is 3.80. The first-order valence-electron chi connectivity index (χ1n) is 5.32. The van der Waals surface area contributed by atoms with Gasteiger partial charge in [-0.25, -0.2) is 9.78 Å². The molecule has 0 radical (unpaired) electrons. The van der Waals surface area contributed by atoms with Crippen LogP contribution in [0.15, 0.2) is 36.9 Å². The summed E-state index contributed by atoms with van der Waals surface area (Å²) in [4.78, 5) is 23.3. The Balaban J connectivity index is 2.04. The molecule has 18 heavy (non-hydrogen) atoms. The number of nitrogens with one attached hydrogen (secondary N) is 1. The molecule has 0 aliphatic heterocycles. The first-order valence-corrected chi connectivity index (χ1v) is 5.32. The van der Waals surface area contributed by atoms with Gasteiger partial charge in [-0.15, -0.1) is 0 Å². The Kier molecular flexibility index (Phi) is 3.80. The Bertz CT molecular complexity index is 531. The maximum absolute atomic E-state index is 11.3. The van der Waals surface area contributed by atoms with Crippen molar-refractivity contribution in [1.82, 2.24) is 15.0 Å². The van der Waals surface area contributed by atoms with E-state index in [1.54, 1.807) is 18.6 Å². The normalized spacial score (nSPS) is 9.83. The molecule has 0 aliphatic carbocycles. The van der Waals surface area contributed by atoms with Crippen molar-refractivity contribution in [2.75, 3.05) is 12.4 Å². The summed E-state index contributed by atoms with van der Waals surface area (Å²) in [6.45, 7) is 0.563. The van der Waals surface area contributed by atoms with Gasteiger partial charge in [0.2, 0.25) is 0 Å². The molecular weight excluding hydrogens is 232 g/mol. The summed E-state index contributed by atoms with van der Waals surface area (Å²) in [6.07, 6.45) is 6.37. The second-order valence-corrected chi connectivity index (χ2v) is 3.50. The fourth-order valence-electron chi connectivity index (χ4n) is 1.35. The van der Waals surface area contributed by atoms with Gasteiger partial charge in [0.1, 0.15) is 5.82 Å². The van der Waals surface area contributed by atoms with Crippen molar-refractivity contribution in [3.8, 4) is 0 Å². The van der Waals surface area contributed by atoms with Crippen LogP contribution < -0.4 is 5.32 Å². The number of esters is 1. The molecule has 92 valence electrons. The highest BCUT2D eigenvalue weighted by atomic mass is 16.5. The maximum atomic E-state index is 11.3. The van der Waals surface area contributed by atoms with Gasteiger partial charge in [0.25, 0.3) is 0 Å². The number of rotatable bonds is 4. The van der Waals surface area contributed by atoms with Gasteiger partial charge in [0.05, 0.1) is 19.5 Å². The second-order valence-electron chi connectivity index (χ2n) is 3.50. The number of hydrogen-bond acceptors (Lipinski definition) is 6. The zero-order valence-electron chi connectivity index (χ0n) is 9.83. The number of pyridine rings is 1. The minimum Gasteiger partial charge on any atom is -0.464 e. The molecule has 2 aromatic heterocycles. The fraction of sp³-hybridized carbons (Fsp3) is 0.167. The van der Waals surface area contributed by atoms with Gasteiger partial charge in [-0.1, -0.05) is 6.07 Å². The molecule has 2 aromatic rings. The largest absolute Gasteiger partial charge is 0.464 e. The molecular formula is C12H12N4O2. The van der Waals surface area contributed by atoms with E-state index >= 15 is 0 Å². The third-order valence-corrected chi connectivity index (χ3v) is 2.23. The number of carbonyl (C=O) groups excluding carboxylic acids is 1. The van der Waals surface area contributed by atoms with Crippen molar-refractivity contribution in [2.24, 2.45) is 0 Å². The van der Waals surface area contributed by atoms with E-state index in [0.29, 0.717) is 12.4 Å². The van der Waals surface area contributed by atoms with Crippen LogP contribution in [0.25, 0.3) is 0 Å². The Morgan fingerprint density at radius 1 is 1.33 bits per heavy atom. The van der Waals surface area contributed by atoms with E-state index < -0.39 is 5.97 Å². The Morgan fingerprint density at radius 3 is 2.94 bits per heavy atom. The average molecular weight is 244 g/mol. The monoisotopic (exact) mass is 244 g/mol. The van der Waals surface area contributed by atoms with E-state index in [4.69, 9.17) is 0 Å². The molecule has 0 amide bonds. The van der Waals surface area contributed by atoms with Gasteiger partial charge in [-0.05, 0) is 11.6 Å². The van der Waals surface area contributed by atoms with Crippen molar-refractivity contribution in [1.29, 1.82) is 0 Å². The average Bonchev–Trinajstić information content (AvgIpc) is 2.45. The molecule has 6 heteroatoms. The number of anilines is 1. The predicted octanol–water partition coefficient (Wildman–Crippen LogP) is 1.27. The van der Waals surface area contributed by atoms with Gasteiger partial charge >= 0.3 is 5.97 Å². The second kappa shape index (κ2) is 5.72. The van der Waals surface area contributed by atoms with E-state index in [-0.39, 0.29) is 5.69 Å². The number of aromatic nitrogens is 3. The molecule has 0 fully saturated rings. The molecule has 0 saturated carbocycles. The van der Waals surface area contributed by atoms with Crippen LogP contribution in [0.2, 0.25) is 0 Å². The minimum absolute atomic E-state index is 0.175. The lowest BCUT2D eigenvalue weighted by Crippen LogP contribution is -2.08. The van der Waals surface area contributed by atoms with Crippen LogP contribution in [-0.2, 0) is 11.3 Å². The highest BCUT2D eigenvalue weighted by molar-refractivity contribution is 5.87. The molecule has 0 aromatic carbocycles. The standard InChI is InChI=1S/C12H12N4O2/c1-18-12(17)10-7-14-8-11(16-10)15-6-9-3-2-4-13-5-9/h2-5,7-8H,6H2,1H3,(H,15,16). The van der Waals surface area contributed by atoms with Crippen molar-refractivity contribution < 1.29 is 9.53 Å². The molecule has 1 N–H and O–H groups in total. The molecule has 2 heterocycles. The molecule has 0 aliphatic rings.